The molecule has 0 aromatic heterocycles. The molecule has 0 radical (unpaired) electrons. The maximum absolute atomic E-state index is 11.4. The van der Waals surface area contributed by atoms with Crippen molar-refractivity contribution in [1.82, 2.24) is 0 Å². The second-order valence-corrected chi connectivity index (χ2v) is 6.00. The summed E-state index contributed by atoms with van der Waals surface area (Å²) in [5.41, 5.74) is 0. The Morgan fingerprint density at radius 1 is 0.650 bits per heavy atom. The summed E-state index contributed by atoms with van der Waals surface area (Å²) in [6, 6.07) is 0. The second kappa shape index (κ2) is 16.7. The minimum atomic E-state index is 0.143. The van der Waals surface area contributed by atoms with Crippen LogP contribution in [-0.2, 0) is 4.79 Å². The third-order valence-electron chi connectivity index (χ3n) is 3.92. The molecule has 2 heteroatoms. The van der Waals surface area contributed by atoms with E-state index in [1.165, 1.54) is 70.6 Å². The molecular weight excluding hydrogens is 248 g/mol. The fourth-order valence-electron chi connectivity index (χ4n) is 2.56. The first-order valence-corrected chi connectivity index (χ1v) is 8.93. The van der Waals surface area contributed by atoms with Crippen LogP contribution in [0.2, 0.25) is 0 Å². The van der Waals surface area contributed by atoms with Crippen LogP contribution < -0.4 is 0 Å². The van der Waals surface area contributed by atoms with Crippen LogP contribution in [0, 0.1) is 0 Å². The molecule has 0 aliphatic rings. The first kappa shape index (κ1) is 19.6. The van der Waals surface area contributed by atoms with E-state index in [4.69, 9.17) is 5.11 Å². The summed E-state index contributed by atoms with van der Waals surface area (Å²) in [5.74, 6) is 0.325. The molecule has 1 N–H and O–H groups in total. The summed E-state index contributed by atoms with van der Waals surface area (Å²) < 4.78 is 0. The summed E-state index contributed by atoms with van der Waals surface area (Å²) in [7, 11) is 0. The van der Waals surface area contributed by atoms with Crippen molar-refractivity contribution in [3.05, 3.63) is 0 Å². The fourth-order valence-corrected chi connectivity index (χ4v) is 2.56. The van der Waals surface area contributed by atoms with E-state index in [1.807, 2.05) is 0 Å². The molecule has 0 aliphatic carbocycles. The summed E-state index contributed by atoms with van der Waals surface area (Å²) in [6.45, 7) is 2.41. The number of hydrogen-bond acceptors (Lipinski definition) is 2. The zero-order chi connectivity index (χ0) is 14.9. The van der Waals surface area contributed by atoms with Crippen molar-refractivity contribution in [3.63, 3.8) is 0 Å². The fraction of sp³-hybridized carbons (Fsp3) is 0.944. The molecule has 0 unspecified atom stereocenters. The van der Waals surface area contributed by atoms with Crippen molar-refractivity contribution < 1.29 is 9.90 Å². The van der Waals surface area contributed by atoms with Gasteiger partial charge >= 0.3 is 0 Å². The average Bonchev–Trinajstić information content (AvgIpc) is 2.46. The lowest BCUT2D eigenvalue weighted by Gasteiger charge is -2.03. The quantitative estimate of drug-likeness (QED) is 0.384. The number of ketones is 1. The Bertz CT molecular complexity index is 202. The van der Waals surface area contributed by atoms with E-state index >= 15 is 0 Å². The molecular formula is C18H36O2. The molecule has 2 nitrogen and oxygen atoms in total. The normalized spacial score (nSPS) is 10.9. The minimum Gasteiger partial charge on any atom is -0.396 e. The molecule has 0 spiro atoms. The SMILES string of the molecule is CCCCCCCCCCCCCCC(=O)CCCO. The van der Waals surface area contributed by atoms with Crippen LogP contribution >= 0.6 is 0 Å². The van der Waals surface area contributed by atoms with E-state index < -0.39 is 0 Å². The lowest BCUT2D eigenvalue weighted by Crippen LogP contribution is -1.99. The average molecular weight is 284 g/mol. The molecule has 120 valence electrons. The Morgan fingerprint density at radius 3 is 1.50 bits per heavy atom. The third kappa shape index (κ3) is 15.7. The van der Waals surface area contributed by atoms with Gasteiger partial charge in [0, 0.05) is 19.4 Å². The van der Waals surface area contributed by atoms with Crippen molar-refractivity contribution in [2.75, 3.05) is 6.61 Å². The number of aliphatic hydroxyl groups excluding tert-OH is 1. The highest BCUT2D eigenvalue weighted by atomic mass is 16.3. The Hall–Kier alpha value is -0.370. The first-order chi connectivity index (χ1) is 9.81. The standard InChI is InChI=1S/C18H36O2/c1-2-3-4-5-6-7-8-9-10-11-12-13-15-18(20)16-14-17-19/h19H,2-17H2,1H3. The molecule has 0 bridgehead atoms. The maximum Gasteiger partial charge on any atom is 0.132 e. The predicted molar refractivity (Wildman–Crippen MR) is 87.0 cm³/mol. The highest BCUT2D eigenvalue weighted by Crippen LogP contribution is 2.12. The zero-order valence-electron chi connectivity index (χ0n) is 13.7. The van der Waals surface area contributed by atoms with E-state index in [9.17, 15) is 4.79 Å². The van der Waals surface area contributed by atoms with Gasteiger partial charge in [-0.25, -0.2) is 0 Å². The molecule has 0 saturated carbocycles. The van der Waals surface area contributed by atoms with Crippen molar-refractivity contribution in [2.24, 2.45) is 0 Å². The lowest BCUT2D eigenvalue weighted by molar-refractivity contribution is -0.119. The van der Waals surface area contributed by atoms with Gasteiger partial charge < -0.3 is 5.11 Å². The molecule has 0 aromatic carbocycles. The smallest absolute Gasteiger partial charge is 0.132 e. The van der Waals surface area contributed by atoms with Crippen LogP contribution in [0.3, 0.4) is 0 Å². The van der Waals surface area contributed by atoms with E-state index in [2.05, 4.69) is 6.92 Å². The molecule has 20 heavy (non-hydrogen) atoms. The molecule has 0 atom stereocenters. The van der Waals surface area contributed by atoms with Crippen LogP contribution in [-0.4, -0.2) is 17.5 Å². The van der Waals surface area contributed by atoms with Gasteiger partial charge in [-0.15, -0.1) is 0 Å². The second-order valence-electron chi connectivity index (χ2n) is 6.00. The maximum atomic E-state index is 11.4. The molecule has 0 rings (SSSR count). The molecule has 0 heterocycles. The highest BCUT2D eigenvalue weighted by Gasteiger charge is 2.00. The van der Waals surface area contributed by atoms with Crippen LogP contribution in [0.25, 0.3) is 0 Å². The Kier molecular flexibility index (Phi) is 16.4. The van der Waals surface area contributed by atoms with Crippen molar-refractivity contribution in [3.8, 4) is 0 Å². The largest absolute Gasteiger partial charge is 0.396 e. The summed E-state index contributed by atoms with van der Waals surface area (Å²) in [6.07, 6.45) is 17.9. The van der Waals surface area contributed by atoms with Gasteiger partial charge in [0.05, 0.1) is 0 Å². The molecule has 0 aromatic rings. The molecule has 0 saturated heterocycles. The molecule has 0 amide bonds. The van der Waals surface area contributed by atoms with Gasteiger partial charge in [0.1, 0.15) is 5.78 Å². The van der Waals surface area contributed by atoms with Crippen molar-refractivity contribution in [2.45, 2.75) is 103 Å². The number of aliphatic hydroxyl groups is 1. The van der Waals surface area contributed by atoms with Gasteiger partial charge in [0.2, 0.25) is 0 Å². The summed E-state index contributed by atoms with van der Waals surface area (Å²) >= 11 is 0. The first-order valence-electron chi connectivity index (χ1n) is 8.93. The lowest BCUT2D eigenvalue weighted by atomic mass is 10.0. The van der Waals surface area contributed by atoms with Gasteiger partial charge in [0.15, 0.2) is 0 Å². The topological polar surface area (TPSA) is 37.3 Å². The number of unbranched alkanes of at least 4 members (excludes halogenated alkanes) is 11. The monoisotopic (exact) mass is 284 g/mol. The van der Waals surface area contributed by atoms with Crippen LogP contribution in [0.15, 0.2) is 0 Å². The van der Waals surface area contributed by atoms with Crippen molar-refractivity contribution in [1.29, 1.82) is 0 Å². The van der Waals surface area contributed by atoms with Gasteiger partial charge in [-0.2, -0.15) is 0 Å². The Morgan fingerprint density at radius 2 is 1.05 bits per heavy atom. The summed E-state index contributed by atoms with van der Waals surface area (Å²) in [4.78, 5) is 11.4. The van der Waals surface area contributed by atoms with Gasteiger partial charge in [-0.05, 0) is 12.8 Å². The van der Waals surface area contributed by atoms with Crippen LogP contribution in [0.5, 0.6) is 0 Å². The number of rotatable bonds is 16. The van der Waals surface area contributed by atoms with E-state index in [0.717, 1.165) is 12.8 Å². The number of carbonyl (C=O) groups is 1. The highest BCUT2D eigenvalue weighted by molar-refractivity contribution is 5.78. The number of carbonyl (C=O) groups excluding carboxylic acids is 1. The van der Waals surface area contributed by atoms with E-state index in [-0.39, 0.29) is 6.61 Å². The number of hydrogen-bond donors (Lipinski definition) is 1. The van der Waals surface area contributed by atoms with Crippen LogP contribution in [0.4, 0.5) is 0 Å². The van der Waals surface area contributed by atoms with E-state index in [1.54, 1.807) is 0 Å². The van der Waals surface area contributed by atoms with Crippen molar-refractivity contribution >= 4 is 5.78 Å². The third-order valence-corrected chi connectivity index (χ3v) is 3.92. The van der Waals surface area contributed by atoms with Gasteiger partial charge in [-0.1, -0.05) is 77.6 Å². The van der Waals surface area contributed by atoms with Crippen LogP contribution in [0.1, 0.15) is 103 Å². The van der Waals surface area contributed by atoms with Gasteiger partial charge in [0.25, 0.3) is 0 Å². The zero-order valence-corrected chi connectivity index (χ0v) is 13.7. The predicted octanol–water partition coefficient (Wildman–Crippen LogP) is 5.42. The molecule has 0 fully saturated rings. The number of Topliss-reactive ketones (excluding diaryl/α,β-unsaturated/α-hetero) is 1. The Balaban J connectivity index is 3.04. The summed E-state index contributed by atoms with van der Waals surface area (Å²) in [5, 5.41) is 8.64. The minimum absolute atomic E-state index is 0.143. The van der Waals surface area contributed by atoms with E-state index in [0.29, 0.717) is 18.6 Å². The molecule has 0 aliphatic heterocycles. The van der Waals surface area contributed by atoms with Gasteiger partial charge in [-0.3, -0.25) is 4.79 Å². The Labute approximate surface area is 126 Å².